The van der Waals surface area contributed by atoms with Crippen LogP contribution >= 0.6 is 0 Å². The molecule has 1 saturated carbocycles. The predicted octanol–water partition coefficient (Wildman–Crippen LogP) is 2.30. The number of pyridine rings is 1. The van der Waals surface area contributed by atoms with Crippen LogP contribution in [0, 0.1) is 6.92 Å². The highest BCUT2D eigenvalue weighted by Gasteiger charge is 2.47. The van der Waals surface area contributed by atoms with Crippen LogP contribution < -0.4 is 0 Å². The quantitative estimate of drug-likeness (QED) is 0.413. The van der Waals surface area contributed by atoms with E-state index in [1.807, 2.05) is 25.3 Å². The van der Waals surface area contributed by atoms with E-state index in [0.717, 1.165) is 12.8 Å². The summed E-state index contributed by atoms with van der Waals surface area (Å²) in [6.07, 6.45) is 6.67. The van der Waals surface area contributed by atoms with Crippen molar-refractivity contribution in [2.24, 2.45) is 0 Å². The van der Waals surface area contributed by atoms with Crippen molar-refractivity contribution < 1.29 is 19.1 Å². The third kappa shape index (κ3) is 3.23. The normalized spacial score (nSPS) is 19.9. The lowest BCUT2D eigenvalue weighted by Gasteiger charge is -2.32. The third-order valence-corrected chi connectivity index (χ3v) is 3.22. The summed E-state index contributed by atoms with van der Waals surface area (Å²) in [7, 11) is 0. The van der Waals surface area contributed by atoms with Crippen LogP contribution in [0.4, 0.5) is 0 Å². The van der Waals surface area contributed by atoms with E-state index in [-0.39, 0.29) is 5.57 Å². The Morgan fingerprint density at radius 3 is 2.20 bits per heavy atom. The molecule has 0 bridgehead atoms. The number of nitrogens with zero attached hydrogens (tertiary/aromatic N) is 1. The highest BCUT2D eigenvalue weighted by Crippen LogP contribution is 2.37. The summed E-state index contributed by atoms with van der Waals surface area (Å²) >= 11 is 0. The predicted molar refractivity (Wildman–Crippen MR) is 71.5 cm³/mol. The fourth-order valence-electron chi connectivity index (χ4n) is 2.13. The van der Waals surface area contributed by atoms with Crippen molar-refractivity contribution in [3.05, 3.63) is 42.2 Å². The van der Waals surface area contributed by atoms with Gasteiger partial charge in [0.15, 0.2) is 0 Å². The summed E-state index contributed by atoms with van der Waals surface area (Å²) in [5, 5.41) is 0. The summed E-state index contributed by atoms with van der Waals surface area (Å²) in [5.74, 6) is -2.24. The van der Waals surface area contributed by atoms with Crippen LogP contribution in [0.1, 0.15) is 31.2 Å². The molecular formula is C15H17NO4. The highest BCUT2D eigenvalue weighted by molar-refractivity contribution is 6.14. The third-order valence-electron chi connectivity index (χ3n) is 3.22. The van der Waals surface area contributed by atoms with Gasteiger partial charge in [0.25, 0.3) is 5.79 Å². The van der Waals surface area contributed by atoms with Gasteiger partial charge >= 0.3 is 11.9 Å². The van der Waals surface area contributed by atoms with Crippen LogP contribution in [0.2, 0.25) is 0 Å². The average molecular weight is 275 g/mol. The van der Waals surface area contributed by atoms with Gasteiger partial charge < -0.3 is 9.47 Å². The van der Waals surface area contributed by atoms with Gasteiger partial charge in [-0.1, -0.05) is 12.6 Å². The molecule has 1 aliphatic heterocycles. The summed E-state index contributed by atoms with van der Waals surface area (Å²) in [4.78, 5) is 26.2. The number of aryl methyl sites for hydroxylation is 1. The van der Waals surface area contributed by atoms with Crippen LogP contribution in [0.25, 0.3) is 0 Å². The molecule has 0 unspecified atom stereocenters. The van der Waals surface area contributed by atoms with Crippen molar-refractivity contribution in [3.8, 4) is 0 Å². The van der Waals surface area contributed by atoms with E-state index in [1.54, 1.807) is 6.20 Å². The van der Waals surface area contributed by atoms with Gasteiger partial charge in [-0.15, -0.1) is 0 Å². The highest BCUT2D eigenvalue weighted by atomic mass is 16.7. The largest absolute Gasteiger partial charge is 0.419 e. The zero-order valence-electron chi connectivity index (χ0n) is 11.4. The molecule has 3 rings (SSSR count). The van der Waals surface area contributed by atoms with E-state index in [9.17, 15) is 9.59 Å². The Hall–Kier alpha value is -2.17. The lowest BCUT2D eigenvalue weighted by molar-refractivity contribution is -0.232. The molecular weight excluding hydrogens is 258 g/mol. The van der Waals surface area contributed by atoms with Crippen molar-refractivity contribution >= 4 is 11.9 Å². The summed E-state index contributed by atoms with van der Waals surface area (Å²) in [5.41, 5.74) is 1.00. The lowest BCUT2D eigenvalue weighted by Crippen LogP contribution is -2.44. The molecule has 5 heteroatoms. The SMILES string of the molecule is C=C1C(=O)OC2(CCCC2)OC1=O.Cc1cccnc1. The van der Waals surface area contributed by atoms with Crippen molar-refractivity contribution in [1.29, 1.82) is 0 Å². The van der Waals surface area contributed by atoms with Crippen LogP contribution in [0.5, 0.6) is 0 Å². The molecule has 1 saturated heterocycles. The zero-order valence-corrected chi connectivity index (χ0v) is 11.4. The minimum absolute atomic E-state index is 0.211. The Balaban J connectivity index is 0.000000178. The molecule has 1 spiro atoms. The minimum Gasteiger partial charge on any atom is -0.419 e. The summed E-state index contributed by atoms with van der Waals surface area (Å²) in [6.45, 7) is 5.30. The van der Waals surface area contributed by atoms with Crippen LogP contribution in [-0.4, -0.2) is 22.7 Å². The monoisotopic (exact) mass is 275 g/mol. The Kier molecular flexibility index (Phi) is 4.17. The van der Waals surface area contributed by atoms with Crippen LogP contribution in [0.15, 0.2) is 36.7 Å². The standard InChI is InChI=1S/C9H10O4.C6H7N/c1-6-7(10)12-9(13-8(6)11)4-2-3-5-9;1-6-3-2-4-7-5-6/h1-5H2;2-5H,1H3. The first-order chi connectivity index (χ1) is 9.52. The van der Waals surface area contributed by atoms with E-state index in [2.05, 4.69) is 11.6 Å². The van der Waals surface area contributed by atoms with E-state index in [0.29, 0.717) is 12.8 Å². The molecule has 106 valence electrons. The molecule has 1 aromatic rings. The van der Waals surface area contributed by atoms with Gasteiger partial charge in [-0.2, -0.15) is 0 Å². The van der Waals surface area contributed by atoms with E-state index in [1.165, 1.54) is 5.56 Å². The van der Waals surface area contributed by atoms with Gasteiger partial charge in [-0.05, 0) is 31.4 Å². The van der Waals surface area contributed by atoms with Gasteiger partial charge in [-0.3, -0.25) is 4.98 Å². The van der Waals surface area contributed by atoms with E-state index >= 15 is 0 Å². The molecule has 1 aromatic heterocycles. The maximum absolute atomic E-state index is 11.1. The average Bonchev–Trinajstić information content (AvgIpc) is 2.86. The molecule has 0 aromatic carbocycles. The molecule has 0 atom stereocenters. The van der Waals surface area contributed by atoms with Crippen LogP contribution in [0.3, 0.4) is 0 Å². The molecule has 2 aliphatic rings. The van der Waals surface area contributed by atoms with Gasteiger partial charge in [0.1, 0.15) is 5.57 Å². The molecule has 2 heterocycles. The smallest absolute Gasteiger partial charge is 0.348 e. The maximum Gasteiger partial charge on any atom is 0.348 e. The molecule has 0 amide bonds. The second-order valence-corrected chi connectivity index (χ2v) is 4.91. The fraction of sp³-hybridized carbons (Fsp3) is 0.400. The Morgan fingerprint density at radius 1 is 1.20 bits per heavy atom. The number of rotatable bonds is 0. The van der Waals surface area contributed by atoms with E-state index < -0.39 is 17.7 Å². The number of hydrogen-bond acceptors (Lipinski definition) is 5. The molecule has 2 fully saturated rings. The number of carbonyl (C=O) groups is 2. The van der Waals surface area contributed by atoms with Gasteiger partial charge in [0.2, 0.25) is 0 Å². The Labute approximate surface area is 117 Å². The van der Waals surface area contributed by atoms with Crippen molar-refractivity contribution in [1.82, 2.24) is 4.98 Å². The van der Waals surface area contributed by atoms with Crippen molar-refractivity contribution in [2.75, 3.05) is 0 Å². The Morgan fingerprint density at radius 2 is 1.80 bits per heavy atom. The number of aromatic nitrogens is 1. The van der Waals surface area contributed by atoms with Gasteiger partial charge in [0, 0.05) is 25.2 Å². The van der Waals surface area contributed by atoms with Gasteiger partial charge in [-0.25, -0.2) is 9.59 Å². The van der Waals surface area contributed by atoms with E-state index in [4.69, 9.17) is 9.47 Å². The van der Waals surface area contributed by atoms with Crippen molar-refractivity contribution in [3.63, 3.8) is 0 Å². The molecule has 0 radical (unpaired) electrons. The topological polar surface area (TPSA) is 65.5 Å². The number of carbonyl (C=O) groups excluding carboxylic acids is 2. The lowest BCUT2D eigenvalue weighted by atomic mass is 10.2. The number of ether oxygens (including phenoxy) is 2. The first kappa shape index (κ1) is 14.2. The second kappa shape index (κ2) is 5.86. The van der Waals surface area contributed by atoms with Gasteiger partial charge in [0.05, 0.1) is 0 Å². The molecule has 1 aliphatic carbocycles. The summed E-state index contributed by atoms with van der Waals surface area (Å²) < 4.78 is 10.1. The minimum atomic E-state index is -0.963. The second-order valence-electron chi connectivity index (χ2n) is 4.91. The Bertz CT molecular complexity index is 496. The number of hydrogen-bond donors (Lipinski definition) is 0. The maximum atomic E-state index is 11.1. The molecule has 5 nitrogen and oxygen atoms in total. The molecule has 0 N–H and O–H groups in total. The fourth-order valence-corrected chi connectivity index (χ4v) is 2.13. The zero-order chi connectivity index (χ0) is 14.6. The van der Waals surface area contributed by atoms with Crippen LogP contribution in [-0.2, 0) is 19.1 Å². The summed E-state index contributed by atoms with van der Waals surface area (Å²) in [6, 6.07) is 3.95. The number of esters is 2. The van der Waals surface area contributed by atoms with Crippen molar-refractivity contribution in [2.45, 2.75) is 38.4 Å². The molecule has 20 heavy (non-hydrogen) atoms. The first-order valence-electron chi connectivity index (χ1n) is 6.55. The first-order valence-corrected chi connectivity index (χ1v) is 6.55.